The predicted molar refractivity (Wildman–Crippen MR) is 83.9 cm³/mol. The zero-order valence-corrected chi connectivity index (χ0v) is 12.9. The first-order valence-corrected chi connectivity index (χ1v) is 6.78. The fourth-order valence-electron chi connectivity index (χ4n) is 2.17. The van der Waals surface area contributed by atoms with Gasteiger partial charge in [0, 0.05) is 17.7 Å². The summed E-state index contributed by atoms with van der Waals surface area (Å²) in [5.41, 5.74) is 7.58. The van der Waals surface area contributed by atoms with Crippen LogP contribution in [0.4, 0.5) is 0 Å². The van der Waals surface area contributed by atoms with Gasteiger partial charge >= 0.3 is 0 Å². The average molecular weight is 301 g/mol. The van der Waals surface area contributed by atoms with Gasteiger partial charge in [0.1, 0.15) is 0 Å². The summed E-state index contributed by atoms with van der Waals surface area (Å²) in [5.74, 6) is 1.23. The summed E-state index contributed by atoms with van der Waals surface area (Å²) in [5, 5.41) is 0. The summed E-state index contributed by atoms with van der Waals surface area (Å²) >= 11 is 0. The lowest BCUT2D eigenvalue weighted by molar-refractivity contribution is 0.103. The van der Waals surface area contributed by atoms with E-state index in [2.05, 4.69) is 0 Å². The Labute approximate surface area is 129 Å². The van der Waals surface area contributed by atoms with Gasteiger partial charge in [-0.25, -0.2) is 0 Å². The van der Waals surface area contributed by atoms with E-state index in [-0.39, 0.29) is 5.78 Å². The monoisotopic (exact) mass is 301 g/mol. The fourth-order valence-corrected chi connectivity index (χ4v) is 2.17. The number of methoxy groups -OCH3 is 3. The number of rotatable bonds is 6. The SMILES string of the molecule is COc1cc(C(=O)c2ccc(CN)cc2)cc(OC)c1OC. The van der Waals surface area contributed by atoms with Crippen molar-refractivity contribution in [2.75, 3.05) is 21.3 Å². The molecule has 0 saturated heterocycles. The highest BCUT2D eigenvalue weighted by Gasteiger charge is 2.17. The van der Waals surface area contributed by atoms with Crippen LogP contribution in [0, 0.1) is 0 Å². The van der Waals surface area contributed by atoms with E-state index >= 15 is 0 Å². The van der Waals surface area contributed by atoms with Crippen LogP contribution in [0.3, 0.4) is 0 Å². The largest absolute Gasteiger partial charge is 0.493 e. The van der Waals surface area contributed by atoms with E-state index in [9.17, 15) is 4.79 Å². The lowest BCUT2D eigenvalue weighted by Gasteiger charge is -2.13. The Hall–Kier alpha value is -2.53. The minimum atomic E-state index is -0.122. The van der Waals surface area contributed by atoms with Crippen molar-refractivity contribution in [1.82, 2.24) is 0 Å². The smallest absolute Gasteiger partial charge is 0.203 e. The van der Waals surface area contributed by atoms with Gasteiger partial charge in [0.15, 0.2) is 17.3 Å². The maximum absolute atomic E-state index is 12.6. The molecule has 0 unspecified atom stereocenters. The van der Waals surface area contributed by atoms with E-state index in [1.165, 1.54) is 21.3 Å². The molecule has 0 amide bonds. The van der Waals surface area contributed by atoms with Gasteiger partial charge in [-0.15, -0.1) is 0 Å². The molecular weight excluding hydrogens is 282 g/mol. The van der Waals surface area contributed by atoms with E-state index in [1.54, 1.807) is 24.3 Å². The minimum Gasteiger partial charge on any atom is -0.493 e. The zero-order chi connectivity index (χ0) is 16.1. The average Bonchev–Trinajstić information content (AvgIpc) is 2.59. The molecule has 0 bridgehead atoms. The van der Waals surface area contributed by atoms with Crippen molar-refractivity contribution in [3.63, 3.8) is 0 Å². The van der Waals surface area contributed by atoms with Gasteiger partial charge in [0.05, 0.1) is 21.3 Å². The Balaban J connectivity index is 2.44. The Bertz CT molecular complexity index is 640. The summed E-state index contributed by atoms with van der Waals surface area (Å²) in [7, 11) is 4.55. The lowest BCUT2D eigenvalue weighted by Crippen LogP contribution is -2.05. The van der Waals surface area contributed by atoms with Crippen molar-refractivity contribution in [3.05, 3.63) is 53.1 Å². The highest BCUT2D eigenvalue weighted by Crippen LogP contribution is 2.38. The van der Waals surface area contributed by atoms with Crippen LogP contribution < -0.4 is 19.9 Å². The third-order valence-corrected chi connectivity index (χ3v) is 3.38. The molecule has 22 heavy (non-hydrogen) atoms. The Morgan fingerprint density at radius 3 is 1.86 bits per heavy atom. The molecule has 0 spiro atoms. The van der Waals surface area contributed by atoms with Crippen LogP contribution in [0.2, 0.25) is 0 Å². The molecule has 0 fully saturated rings. The molecule has 0 aromatic heterocycles. The van der Waals surface area contributed by atoms with Crippen molar-refractivity contribution in [3.8, 4) is 17.2 Å². The molecule has 0 aliphatic carbocycles. The summed E-state index contributed by atoms with van der Waals surface area (Å²) in [6.07, 6.45) is 0. The van der Waals surface area contributed by atoms with Gasteiger partial charge in [0.2, 0.25) is 5.75 Å². The van der Waals surface area contributed by atoms with Gasteiger partial charge < -0.3 is 19.9 Å². The van der Waals surface area contributed by atoms with E-state index in [0.29, 0.717) is 34.9 Å². The Kier molecular flexibility index (Phi) is 5.01. The molecule has 5 nitrogen and oxygen atoms in total. The first kappa shape index (κ1) is 15.9. The van der Waals surface area contributed by atoms with E-state index in [4.69, 9.17) is 19.9 Å². The van der Waals surface area contributed by atoms with Gasteiger partial charge in [-0.2, -0.15) is 0 Å². The summed E-state index contributed by atoms with van der Waals surface area (Å²) in [6.45, 7) is 0.443. The molecule has 2 rings (SSSR count). The van der Waals surface area contributed by atoms with Crippen LogP contribution >= 0.6 is 0 Å². The second-order valence-corrected chi connectivity index (χ2v) is 4.64. The predicted octanol–water partition coefficient (Wildman–Crippen LogP) is 2.40. The quantitative estimate of drug-likeness (QED) is 0.830. The normalized spacial score (nSPS) is 10.2. The fraction of sp³-hybridized carbons (Fsp3) is 0.235. The molecule has 0 radical (unpaired) electrons. The number of nitrogens with two attached hydrogens (primary N) is 1. The molecule has 5 heteroatoms. The zero-order valence-electron chi connectivity index (χ0n) is 12.9. The highest BCUT2D eigenvalue weighted by atomic mass is 16.5. The van der Waals surface area contributed by atoms with Gasteiger partial charge in [-0.1, -0.05) is 24.3 Å². The first-order chi connectivity index (χ1) is 10.6. The van der Waals surface area contributed by atoms with Crippen molar-refractivity contribution < 1.29 is 19.0 Å². The summed E-state index contributed by atoms with van der Waals surface area (Å²) < 4.78 is 15.8. The molecule has 2 N–H and O–H groups in total. The number of carbonyl (C=O) groups excluding carboxylic acids is 1. The Morgan fingerprint density at radius 1 is 0.909 bits per heavy atom. The molecule has 2 aromatic rings. The third kappa shape index (κ3) is 3.04. The van der Waals surface area contributed by atoms with Crippen LogP contribution in [0.1, 0.15) is 21.5 Å². The van der Waals surface area contributed by atoms with Crippen molar-refractivity contribution in [1.29, 1.82) is 0 Å². The first-order valence-electron chi connectivity index (χ1n) is 6.78. The van der Waals surface area contributed by atoms with Crippen molar-refractivity contribution >= 4 is 5.78 Å². The molecule has 0 heterocycles. The van der Waals surface area contributed by atoms with Gasteiger partial charge in [-0.3, -0.25) is 4.79 Å². The third-order valence-electron chi connectivity index (χ3n) is 3.38. The number of hydrogen-bond donors (Lipinski definition) is 1. The minimum absolute atomic E-state index is 0.122. The van der Waals surface area contributed by atoms with Crippen LogP contribution in [0.25, 0.3) is 0 Å². The number of hydrogen-bond acceptors (Lipinski definition) is 5. The van der Waals surface area contributed by atoms with E-state index in [1.807, 2.05) is 12.1 Å². The molecular formula is C17H19NO4. The molecule has 0 aliphatic heterocycles. The van der Waals surface area contributed by atoms with E-state index < -0.39 is 0 Å². The second-order valence-electron chi connectivity index (χ2n) is 4.64. The molecule has 0 atom stereocenters. The molecule has 0 saturated carbocycles. The summed E-state index contributed by atoms with van der Waals surface area (Å²) in [4.78, 5) is 12.6. The maximum atomic E-state index is 12.6. The van der Waals surface area contributed by atoms with Crippen LogP contribution in [-0.2, 0) is 6.54 Å². The van der Waals surface area contributed by atoms with Crippen LogP contribution in [-0.4, -0.2) is 27.1 Å². The van der Waals surface area contributed by atoms with Crippen molar-refractivity contribution in [2.24, 2.45) is 5.73 Å². The van der Waals surface area contributed by atoms with Gasteiger partial charge in [-0.05, 0) is 17.7 Å². The standard InChI is InChI=1S/C17H19NO4/c1-20-14-8-13(9-15(21-2)17(14)22-3)16(19)12-6-4-11(10-18)5-7-12/h4-9H,10,18H2,1-3H3. The second kappa shape index (κ2) is 6.95. The maximum Gasteiger partial charge on any atom is 0.203 e. The number of ketones is 1. The topological polar surface area (TPSA) is 70.8 Å². The lowest BCUT2D eigenvalue weighted by atomic mass is 10.0. The van der Waals surface area contributed by atoms with Crippen LogP contribution in [0.5, 0.6) is 17.2 Å². The molecule has 116 valence electrons. The van der Waals surface area contributed by atoms with E-state index in [0.717, 1.165) is 5.56 Å². The highest BCUT2D eigenvalue weighted by molar-refractivity contribution is 6.09. The molecule has 2 aromatic carbocycles. The van der Waals surface area contributed by atoms with Gasteiger partial charge in [0.25, 0.3) is 0 Å². The number of ether oxygens (including phenoxy) is 3. The molecule has 0 aliphatic rings. The number of benzene rings is 2. The number of carbonyl (C=O) groups is 1. The van der Waals surface area contributed by atoms with Crippen LogP contribution in [0.15, 0.2) is 36.4 Å². The van der Waals surface area contributed by atoms with Crippen molar-refractivity contribution in [2.45, 2.75) is 6.54 Å². The Morgan fingerprint density at radius 2 is 1.45 bits per heavy atom. The summed E-state index contributed by atoms with van der Waals surface area (Å²) in [6, 6.07) is 10.5.